The molecule has 0 radical (unpaired) electrons. The van der Waals surface area contributed by atoms with Crippen LogP contribution in [0.4, 0.5) is 18.9 Å². The zero-order valence-electron chi connectivity index (χ0n) is 20.5. The SMILES string of the molecule is C[C@@H]1CN(c2ccc(C#N)c3ncccc23)C[C@H](CN2CC(n3nc4c(c3C(F)(F)F)CCNC4)C2)O1. The first kappa shape index (κ1) is 24.2. The van der Waals surface area contributed by atoms with Crippen molar-refractivity contribution in [2.75, 3.05) is 44.2 Å². The van der Waals surface area contributed by atoms with Crippen LogP contribution >= 0.6 is 0 Å². The number of hydrogen-bond donors (Lipinski definition) is 1. The molecule has 0 amide bonds. The van der Waals surface area contributed by atoms with Gasteiger partial charge in [0, 0.05) is 62.1 Å². The Labute approximate surface area is 212 Å². The lowest BCUT2D eigenvalue weighted by Gasteiger charge is -2.45. The Morgan fingerprint density at radius 3 is 2.81 bits per heavy atom. The number of aromatic nitrogens is 3. The van der Waals surface area contributed by atoms with Crippen LogP contribution in [0.3, 0.4) is 0 Å². The van der Waals surface area contributed by atoms with Gasteiger partial charge in [-0.05, 0) is 44.2 Å². The van der Waals surface area contributed by atoms with Crippen LogP contribution in [0.5, 0.6) is 0 Å². The molecule has 194 valence electrons. The van der Waals surface area contributed by atoms with Crippen molar-refractivity contribution in [3.05, 3.63) is 53.0 Å². The van der Waals surface area contributed by atoms with Crippen molar-refractivity contribution >= 4 is 16.6 Å². The van der Waals surface area contributed by atoms with Gasteiger partial charge in [0.1, 0.15) is 11.8 Å². The van der Waals surface area contributed by atoms with Gasteiger partial charge in [-0.25, -0.2) is 0 Å². The maximum absolute atomic E-state index is 13.9. The van der Waals surface area contributed by atoms with Crippen LogP contribution in [-0.4, -0.2) is 71.1 Å². The highest BCUT2D eigenvalue weighted by atomic mass is 19.4. The number of fused-ring (bicyclic) bond motifs is 2. The van der Waals surface area contributed by atoms with E-state index in [-0.39, 0.29) is 18.2 Å². The predicted molar refractivity (Wildman–Crippen MR) is 131 cm³/mol. The molecule has 2 atom stereocenters. The molecule has 37 heavy (non-hydrogen) atoms. The summed E-state index contributed by atoms with van der Waals surface area (Å²) in [6.45, 7) is 5.95. The molecule has 6 rings (SSSR count). The second-order valence-electron chi connectivity index (χ2n) is 10.1. The van der Waals surface area contributed by atoms with Crippen molar-refractivity contribution in [3.63, 3.8) is 0 Å². The Balaban J connectivity index is 1.16. The van der Waals surface area contributed by atoms with E-state index >= 15 is 0 Å². The maximum atomic E-state index is 13.9. The fourth-order valence-corrected chi connectivity index (χ4v) is 5.91. The highest BCUT2D eigenvalue weighted by Crippen LogP contribution is 2.38. The number of ether oxygens (including phenoxy) is 1. The van der Waals surface area contributed by atoms with Crippen LogP contribution < -0.4 is 10.2 Å². The van der Waals surface area contributed by atoms with Crippen LogP contribution in [0.2, 0.25) is 0 Å². The van der Waals surface area contributed by atoms with E-state index in [1.807, 2.05) is 25.1 Å². The van der Waals surface area contributed by atoms with E-state index < -0.39 is 11.9 Å². The Hall–Kier alpha value is -3.20. The third kappa shape index (κ3) is 4.43. The number of nitrogens with one attached hydrogen (secondary N) is 1. The minimum atomic E-state index is -4.42. The van der Waals surface area contributed by atoms with Gasteiger partial charge in [-0.15, -0.1) is 0 Å². The van der Waals surface area contributed by atoms with Gasteiger partial charge in [-0.3, -0.25) is 14.6 Å². The van der Waals surface area contributed by atoms with E-state index in [1.54, 1.807) is 12.3 Å². The van der Waals surface area contributed by atoms with Crippen LogP contribution in [0.25, 0.3) is 10.9 Å². The number of nitriles is 1. The number of rotatable bonds is 4. The molecular formula is C26H28F3N7O. The van der Waals surface area contributed by atoms with Crippen LogP contribution in [0.15, 0.2) is 30.5 Å². The van der Waals surface area contributed by atoms with E-state index in [9.17, 15) is 18.4 Å². The summed E-state index contributed by atoms with van der Waals surface area (Å²) in [6.07, 6.45) is -2.48. The summed E-state index contributed by atoms with van der Waals surface area (Å²) in [4.78, 5) is 8.82. The Bertz CT molecular complexity index is 1360. The molecule has 2 aromatic heterocycles. The molecule has 0 unspecified atom stereocenters. The largest absolute Gasteiger partial charge is 0.433 e. The molecule has 1 aromatic carbocycles. The van der Waals surface area contributed by atoms with Gasteiger partial charge in [0.15, 0.2) is 0 Å². The quantitative estimate of drug-likeness (QED) is 0.577. The number of nitrogens with zero attached hydrogens (tertiary/aromatic N) is 6. The van der Waals surface area contributed by atoms with E-state index in [2.05, 4.69) is 31.3 Å². The third-order valence-corrected chi connectivity index (χ3v) is 7.48. The average molecular weight is 512 g/mol. The summed E-state index contributed by atoms with van der Waals surface area (Å²) < 4.78 is 49.2. The van der Waals surface area contributed by atoms with Crippen molar-refractivity contribution in [3.8, 4) is 6.07 Å². The lowest BCUT2D eigenvalue weighted by molar-refractivity contribution is -0.147. The topological polar surface area (TPSA) is 82.2 Å². The molecule has 5 heterocycles. The average Bonchev–Trinajstić information content (AvgIpc) is 3.24. The highest BCUT2D eigenvalue weighted by molar-refractivity contribution is 5.95. The van der Waals surface area contributed by atoms with E-state index in [0.717, 1.165) is 11.1 Å². The van der Waals surface area contributed by atoms with Gasteiger partial charge < -0.3 is 15.0 Å². The number of alkyl halides is 3. The van der Waals surface area contributed by atoms with Gasteiger partial charge in [0.25, 0.3) is 0 Å². The number of benzene rings is 1. The monoisotopic (exact) mass is 511 g/mol. The molecule has 3 aliphatic rings. The fraction of sp³-hybridized carbons (Fsp3) is 0.500. The molecule has 0 spiro atoms. The number of anilines is 1. The summed E-state index contributed by atoms with van der Waals surface area (Å²) in [5.41, 5.74) is 2.51. The molecule has 2 saturated heterocycles. The summed E-state index contributed by atoms with van der Waals surface area (Å²) in [5.74, 6) is 0. The first-order valence-electron chi connectivity index (χ1n) is 12.6. The smallest absolute Gasteiger partial charge is 0.370 e. The molecular weight excluding hydrogens is 483 g/mol. The first-order valence-corrected chi connectivity index (χ1v) is 12.6. The minimum absolute atomic E-state index is 0.0136. The normalized spacial score (nSPS) is 23.1. The fourth-order valence-electron chi connectivity index (χ4n) is 5.91. The first-order chi connectivity index (χ1) is 17.8. The zero-order chi connectivity index (χ0) is 25.7. The lowest BCUT2D eigenvalue weighted by atomic mass is 10.0. The van der Waals surface area contributed by atoms with E-state index in [4.69, 9.17) is 4.74 Å². The van der Waals surface area contributed by atoms with Gasteiger partial charge in [-0.2, -0.15) is 23.5 Å². The highest BCUT2D eigenvalue weighted by Gasteiger charge is 2.44. The van der Waals surface area contributed by atoms with Gasteiger partial charge in [0.05, 0.1) is 35.0 Å². The lowest BCUT2D eigenvalue weighted by Crippen LogP contribution is -2.56. The van der Waals surface area contributed by atoms with Gasteiger partial charge in [0.2, 0.25) is 0 Å². The minimum Gasteiger partial charge on any atom is -0.370 e. The summed E-state index contributed by atoms with van der Waals surface area (Å²) in [6, 6.07) is 9.52. The summed E-state index contributed by atoms with van der Waals surface area (Å²) >= 11 is 0. The van der Waals surface area contributed by atoms with Crippen LogP contribution in [-0.2, 0) is 23.9 Å². The molecule has 8 nitrogen and oxygen atoms in total. The van der Waals surface area contributed by atoms with E-state index in [1.165, 1.54) is 4.68 Å². The molecule has 0 saturated carbocycles. The van der Waals surface area contributed by atoms with Crippen molar-refractivity contribution in [2.24, 2.45) is 0 Å². The number of pyridine rings is 1. The Morgan fingerprint density at radius 2 is 2.03 bits per heavy atom. The Kier molecular flexibility index (Phi) is 6.06. The molecule has 3 aromatic rings. The molecule has 0 bridgehead atoms. The Morgan fingerprint density at radius 1 is 1.19 bits per heavy atom. The maximum Gasteiger partial charge on any atom is 0.433 e. The van der Waals surface area contributed by atoms with Crippen LogP contribution in [0.1, 0.15) is 35.5 Å². The number of morpholine rings is 1. The van der Waals surface area contributed by atoms with Gasteiger partial charge in [-0.1, -0.05) is 0 Å². The summed E-state index contributed by atoms with van der Waals surface area (Å²) in [5, 5.41) is 17.9. The number of likely N-dealkylation sites (tertiary alicyclic amines) is 1. The van der Waals surface area contributed by atoms with Crippen molar-refractivity contribution in [2.45, 2.75) is 44.3 Å². The number of hydrogen-bond acceptors (Lipinski definition) is 7. The second-order valence-corrected chi connectivity index (χ2v) is 10.1. The summed E-state index contributed by atoms with van der Waals surface area (Å²) in [7, 11) is 0. The van der Waals surface area contributed by atoms with E-state index in [0.29, 0.717) is 74.6 Å². The number of halogens is 3. The molecule has 11 heteroatoms. The molecule has 3 aliphatic heterocycles. The predicted octanol–water partition coefficient (Wildman–Crippen LogP) is 3.12. The molecule has 1 N–H and O–H groups in total. The van der Waals surface area contributed by atoms with Crippen molar-refractivity contribution < 1.29 is 17.9 Å². The molecule has 2 fully saturated rings. The van der Waals surface area contributed by atoms with Gasteiger partial charge >= 0.3 is 6.18 Å². The second kappa shape index (κ2) is 9.28. The zero-order valence-corrected chi connectivity index (χ0v) is 20.5. The standard InChI is InChI=1S/C26H28F3N7O/c1-16-11-35(23-5-4-17(9-30)24-21(23)3-2-7-32-24)15-19(37-16)14-34-12-18(13-34)36-25(26(27,28)29)20-6-8-31-10-22(20)33-36/h2-5,7,16,18-19,31H,6,8,10-15H2,1H3/t16-,19+/m1/s1. The van der Waals surface area contributed by atoms with Crippen LogP contribution in [0, 0.1) is 11.3 Å². The van der Waals surface area contributed by atoms with Crippen molar-refractivity contribution in [1.82, 2.24) is 25.0 Å². The third-order valence-electron chi connectivity index (χ3n) is 7.48. The molecule has 0 aliphatic carbocycles. The van der Waals surface area contributed by atoms with Crippen molar-refractivity contribution in [1.29, 1.82) is 5.26 Å².